The van der Waals surface area contributed by atoms with E-state index in [1.54, 1.807) is 0 Å². The van der Waals surface area contributed by atoms with Crippen molar-refractivity contribution in [3.8, 4) is 0 Å². The van der Waals surface area contributed by atoms with Gasteiger partial charge in [-0.2, -0.15) is 0 Å². The first-order valence-corrected chi connectivity index (χ1v) is 7.67. The molecule has 3 atom stereocenters. The van der Waals surface area contributed by atoms with Crippen LogP contribution in [0.5, 0.6) is 0 Å². The molecule has 0 radical (unpaired) electrons. The number of nitrogens with two attached hydrogens (primary N) is 1. The molecule has 3 unspecified atom stereocenters. The van der Waals surface area contributed by atoms with E-state index >= 15 is 0 Å². The van der Waals surface area contributed by atoms with Gasteiger partial charge in [-0.05, 0) is 62.8 Å². The van der Waals surface area contributed by atoms with Crippen molar-refractivity contribution in [3.63, 3.8) is 0 Å². The molecule has 1 saturated heterocycles. The van der Waals surface area contributed by atoms with E-state index in [2.05, 4.69) is 0 Å². The van der Waals surface area contributed by atoms with E-state index in [9.17, 15) is 0 Å². The lowest BCUT2D eigenvalue weighted by molar-refractivity contribution is -0.104. The summed E-state index contributed by atoms with van der Waals surface area (Å²) >= 11 is 0. The Morgan fingerprint density at radius 3 is 2.65 bits per heavy atom. The van der Waals surface area contributed by atoms with Gasteiger partial charge >= 0.3 is 0 Å². The minimum Gasteiger partial charge on any atom is -0.375 e. The molecule has 17 heavy (non-hydrogen) atoms. The quantitative estimate of drug-likeness (QED) is 0.801. The molecule has 0 aromatic heterocycles. The summed E-state index contributed by atoms with van der Waals surface area (Å²) in [5.74, 6) is 2.65. The summed E-state index contributed by atoms with van der Waals surface area (Å²) < 4.78 is 6.15. The van der Waals surface area contributed by atoms with Gasteiger partial charge in [-0.25, -0.2) is 0 Å². The topological polar surface area (TPSA) is 35.2 Å². The van der Waals surface area contributed by atoms with Gasteiger partial charge in [-0.1, -0.05) is 19.3 Å². The maximum Gasteiger partial charge on any atom is 0.0685 e. The van der Waals surface area contributed by atoms with Gasteiger partial charge in [0, 0.05) is 6.61 Å². The molecule has 0 amide bonds. The van der Waals surface area contributed by atoms with Gasteiger partial charge in [-0.3, -0.25) is 0 Å². The maximum atomic E-state index is 6.15. The molecule has 98 valence electrons. The molecule has 2 aliphatic carbocycles. The van der Waals surface area contributed by atoms with Crippen molar-refractivity contribution >= 4 is 0 Å². The normalized spacial score (nSPS) is 41.1. The molecule has 0 aromatic carbocycles. The zero-order chi connectivity index (χ0) is 11.7. The number of hydrogen-bond donors (Lipinski definition) is 1. The molecule has 2 N–H and O–H groups in total. The van der Waals surface area contributed by atoms with Gasteiger partial charge in [0.1, 0.15) is 0 Å². The van der Waals surface area contributed by atoms with Crippen molar-refractivity contribution < 1.29 is 4.74 Å². The number of rotatable bonds is 2. The second kappa shape index (κ2) is 4.89. The first-order chi connectivity index (χ1) is 8.33. The molecule has 3 aliphatic rings. The average Bonchev–Trinajstić information content (AvgIpc) is 2.98. The van der Waals surface area contributed by atoms with Crippen LogP contribution in [0.25, 0.3) is 0 Å². The Morgan fingerprint density at radius 2 is 1.88 bits per heavy atom. The molecule has 1 aliphatic heterocycles. The third-order valence-corrected chi connectivity index (χ3v) is 5.67. The van der Waals surface area contributed by atoms with Gasteiger partial charge in [0.25, 0.3) is 0 Å². The van der Waals surface area contributed by atoms with Gasteiger partial charge in [0.05, 0.1) is 5.60 Å². The van der Waals surface area contributed by atoms with E-state index in [1.165, 1.54) is 57.8 Å². The van der Waals surface area contributed by atoms with Crippen molar-refractivity contribution in [2.24, 2.45) is 23.5 Å². The molecule has 2 heteroatoms. The Bertz CT molecular complexity index is 260. The third kappa shape index (κ3) is 2.26. The van der Waals surface area contributed by atoms with Crippen LogP contribution in [0.3, 0.4) is 0 Å². The van der Waals surface area contributed by atoms with Gasteiger partial charge < -0.3 is 10.5 Å². The summed E-state index contributed by atoms with van der Waals surface area (Å²) in [5, 5.41) is 0. The van der Waals surface area contributed by atoms with Gasteiger partial charge in [0.15, 0.2) is 0 Å². The third-order valence-electron chi connectivity index (χ3n) is 5.67. The maximum absolute atomic E-state index is 6.15. The van der Waals surface area contributed by atoms with Crippen LogP contribution in [0, 0.1) is 17.8 Å². The van der Waals surface area contributed by atoms with E-state index in [0.717, 1.165) is 30.9 Å². The lowest BCUT2D eigenvalue weighted by Crippen LogP contribution is -2.40. The minimum absolute atomic E-state index is 0.296. The molecule has 1 spiro atoms. The van der Waals surface area contributed by atoms with Crippen LogP contribution in [0.15, 0.2) is 0 Å². The predicted molar refractivity (Wildman–Crippen MR) is 69.8 cm³/mol. The Kier molecular flexibility index (Phi) is 3.45. The van der Waals surface area contributed by atoms with Crippen molar-refractivity contribution in [2.75, 3.05) is 13.2 Å². The molecule has 0 bridgehead atoms. The lowest BCUT2D eigenvalue weighted by atomic mass is 9.74. The Balaban J connectivity index is 1.67. The van der Waals surface area contributed by atoms with Crippen LogP contribution in [-0.4, -0.2) is 18.8 Å². The first kappa shape index (κ1) is 12.0. The molecule has 2 nitrogen and oxygen atoms in total. The van der Waals surface area contributed by atoms with Crippen molar-refractivity contribution in [1.29, 1.82) is 0 Å². The summed E-state index contributed by atoms with van der Waals surface area (Å²) in [6.45, 7) is 1.92. The first-order valence-electron chi connectivity index (χ1n) is 7.67. The smallest absolute Gasteiger partial charge is 0.0685 e. The highest BCUT2D eigenvalue weighted by molar-refractivity contribution is 4.95. The monoisotopic (exact) mass is 237 g/mol. The van der Waals surface area contributed by atoms with Crippen molar-refractivity contribution in [1.82, 2.24) is 0 Å². The van der Waals surface area contributed by atoms with E-state index in [-0.39, 0.29) is 0 Å². The van der Waals surface area contributed by atoms with Crippen LogP contribution in [0.4, 0.5) is 0 Å². The summed E-state index contributed by atoms with van der Waals surface area (Å²) in [4.78, 5) is 0. The highest BCUT2D eigenvalue weighted by atomic mass is 16.5. The minimum atomic E-state index is 0.296. The molecule has 1 heterocycles. The van der Waals surface area contributed by atoms with Gasteiger partial charge in [-0.15, -0.1) is 0 Å². The molecule has 0 aromatic rings. The fourth-order valence-electron chi connectivity index (χ4n) is 4.78. The molecule has 3 fully saturated rings. The lowest BCUT2D eigenvalue weighted by Gasteiger charge is -2.42. The van der Waals surface area contributed by atoms with Crippen LogP contribution in [0.2, 0.25) is 0 Å². The molecule has 2 saturated carbocycles. The zero-order valence-electron chi connectivity index (χ0n) is 11.0. The molecular formula is C15H27NO. The van der Waals surface area contributed by atoms with Gasteiger partial charge in [0.2, 0.25) is 0 Å². The van der Waals surface area contributed by atoms with Crippen LogP contribution in [0.1, 0.15) is 57.8 Å². The second-order valence-electron chi connectivity index (χ2n) is 6.58. The van der Waals surface area contributed by atoms with E-state index in [4.69, 9.17) is 10.5 Å². The van der Waals surface area contributed by atoms with Crippen molar-refractivity contribution in [2.45, 2.75) is 63.4 Å². The molecular weight excluding hydrogens is 210 g/mol. The van der Waals surface area contributed by atoms with Crippen LogP contribution >= 0.6 is 0 Å². The Labute approximate surface area is 105 Å². The summed E-state index contributed by atoms with van der Waals surface area (Å²) in [6.07, 6.45) is 12.3. The van der Waals surface area contributed by atoms with E-state index < -0.39 is 0 Å². The van der Waals surface area contributed by atoms with Crippen molar-refractivity contribution in [3.05, 3.63) is 0 Å². The Hall–Kier alpha value is -0.0800. The number of ether oxygens (including phenoxy) is 1. The van der Waals surface area contributed by atoms with Crippen LogP contribution < -0.4 is 5.73 Å². The van der Waals surface area contributed by atoms with E-state index in [1.807, 2.05) is 0 Å². The second-order valence-corrected chi connectivity index (χ2v) is 6.58. The fraction of sp³-hybridized carbons (Fsp3) is 1.00. The molecule has 3 rings (SSSR count). The summed E-state index contributed by atoms with van der Waals surface area (Å²) in [6, 6.07) is 0. The predicted octanol–water partition coefficient (Wildman–Crippen LogP) is 3.10. The standard InChI is InChI=1S/C15H27NO/c16-11-13-4-3-5-14(13)12-6-9-17-15(10-12)7-1-2-8-15/h12-14H,1-11,16H2. The fourth-order valence-corrected chi connectivity index (χ4v) is 4.78. The summed E-state index contributed by atoms with van der Waals surface area (Å²) in [7, 11) is 0. The zero-order valence-corrected chi connectivity index (χ0v) is 11.0. The summed E-state index contributed by atoms with van der Waals surface area (Å²) in [5.41, 5.74) is 6.24. The Morgan fingerprint density at radius 1 is 1.06 bits per heavy atom. The van der Waals surface area contributed by atoms with Crippen LogP contribution in [-0.2, 0) is 4.74 Å². The average molecular weight is 237 g/mol. The SMILES string of the molecule is NCC1CCCC1C1CCOC2(CCCC2)C1. The number of hydrogen-bond acceptors (Lipinski definition) is 2. The largest absolute Gasteiger partial charge is 0.375 e. The highest BCUT2D eigenvalue weighted by Crippen LogP contribution is 2.48. The highest BCUT2D eigenvalue weighted by Gasteiger charge is 2.44. The van der Waals surface area contributed by atoms with E-state index in [0.29, 0.717) is 5.60 Å².